The molecule has 0 atom stereocenters. The average Bonchev–Trinajstić information content (AvgIpc) is 2.18. The van der Waals surface area contributed by atoms with Crippen molar-refractivity contribution in [3.8, 4) is 0 Å². The van der Waals surface area contributed by atoms with E-state index < -0.39 is 10.0 Å². The minimum atomic E-state index is -3.08. The van der Waals surface area contributed by atoms with Gasteiger partial charge in [-0.1, -0.05) is 0 Å². The normalized spacial score (nSPS) is 28.3. The van der Waals surface area contributed by atoms with Gasteiger partial charge in [0.25, 0.3) is 0 Å². The van der Waals surface area contributed by atoms with Gasteiger partial charge in [-0.2, -0.15) is 11.8 Å². The molecule has 15 heavy (non-hydrogen) atoms. The van der Waals surface area contributed by atoms with Crippen LogP contribution < -0.4 is 4.72 Å². The number of nitrogens with one attached hydrogen (secondary N) is 1. The summed E-state index contributed by atoms with van der Waals surface area (Å²) in [5.41, 5.74) is 0. The molecule has 1 aliphatic rings. The van der Waals surface area contributed by atoms with E-state index in [1.54, 1.807) is 13.8 Å². The highest BCUT2D eigenvalue weighted by Crippen LogP contribution is 2.27. The molecule has 1 saturated carbocycles. The molecule has 5 heteroatoms. The summed E-state index contributed by atoms with van der Waals surface area (Å²) in [6.07, 6.45) is 6.36. The van der Waals surface area contributed by atoms with Gasteiger partial charge >= 0.3 is 0 Å². The largest absolute Gasteiger partial charge is 0.214 e. The van der Waals surface area contributed by atoms with Crippen LogP contribution in [0.3, 0.4) is 0 Å². The van der Waals surface area contributed by atoms with Gasteiger partial charge in [0.1, 0.15) is 0 Å². The summed E-state index contributed by atoms with van der Waals surface area (Å²) in [6, 6.07) is 0.167. The number of rotatable bonds is 4. The first-order valence-corrected chi connectivity index (χ1v) is 8.33. The Morgan fingerprint density at radius 2 is 1.73 bits per heavy atom. The molecule has 0 heterocycles. The van der Waals surface area contributed by atoms with E-state index in [-0.39, 0.29) is 11.3 Å². The second kappa shape index (κ2) is 5.55. The molecule has 0 bridgehead atoms. The number of hydrogen-bond donors (Lipinski definition) is 1. The molecule has 1 fully saturated rings. The molecule has 1 rings (SSSR count). The van der Waals surface area contributed by atoms with Crippen LogP contribution in [-0.4, -0.2) is 31.2 Å². The molecule has 0 radical (unpaired) electrons. The van der Waals surface area contributed by atoms with Gasteiger partial charge in [-0.25, -0.2) is 13.1 Å². The molecule has 0 aromatic carbocycles. The van der Waals surface area contributed by atoms with Crippen molar-refractivity contribution in [3.05, 3.63) is 0 Å². The van der Waals surface area contributed by atoms with Crippen molar-refractivity contribution >= 4 is 21.8 Å². The van der Waals surface area contributed by atoms with Gasteiger partial charge in [0, 0.05) is 11.3 Å². The third-order valence-electron chi connectivity index (χ3n) is 2.96. The van der Waals surface area contributed by atoms with E-state index in [9.17, 15) is 8.42 Å². The summed E-state index contributed by atoms with van der Waals surface area (Å²) in [6.45, 7) is 3.44. The Kier molecular flexibility index (Phi) is 4.93. The molecule has 0 aliphatic heterocycles. The quantitative estimate of drug-likeness (QED) is 0.831. The van der Waals surface area contributed by atoms with E-state index in [1.165, 1.54) is 0 Å². The monoisotopic (exact) mass is 251 g/mol. The number of sulfonamides is 1. The molecule has 0 spiro atoms. The van der Waals surface area contributed by atoms with Gasteiger partial charge in [0.2, 0.25) is 10.0 Å². The first-order valence-electron chi connectivity index (χ1n) is 5.49. The highest BCUT2D eigenvalue weighted by atomic mass is 32.2. The summed E-state index contributed by atoms with van der Waals surface area (Å²) in [7, 11) is -3.08. The van der Waals surface area contributed by atoms with Crippen molar-refractivity contribution in [2.45, 2.75) is 56.1 Å². The summed E-state index contributed by atoms with van der Waals surface area (Å²) in [5, 5.41) is 0.403. The van der Waals surface area contributed by atoms with Crippen LogP contribution in [0.25, 0.3) is 0 Å². The van der Waals surface area contributed by atoms with Crippen molar-refractivity contribution in [2.75, 3.05) is 6.26 Å². The fourth-order valence-electron chi connectivity index (χ4n) is 1.78. The van der Waals surface area contributed by atoms with Crippen LogP contribution in [0, 0.1) is 0 Å². The third-order valence-corrected chi connectivity index (χ3v) is 6.00. The molecule has 1 aliphatic carbocycles. The highest BCUT2D eigenvalue weighted by molar-refractivity contribution is 7.99. The maximum atomic E-state index is 11.6. The average molecular weight is 251 g/mol. The standard InChI is InChI=1S/C10H21NO2S2/c1-8(2)15(12,13)11-9-4-6-10(14-3)7-5-9/h8-11H,4-7H2,1-3H3. The molecule has 0 aromatic heterocycles. The second-order valence-electron chi connectivity index (χ2n) is 4.42. The van der Waals surface area contributed by atoms with Crippen LogP contribution in [0.15, 0.2) is 0 Å². The molecule has 0 aromatic rings. The summed E-state index contributed by atoms with van der Waals surface area (Å²) in [5.74, 6) is 0. The molecule has 90 valence electrons. The van der Waals surface area contributed by atoms with Crippen molar-refractivity contribution in [1.29, 1.82) is 0 Å². The lowest BCUT2D eigenvalue weighted by molar-refractivity contribution is 0.418. The Morgan fingerprint density at radius 1 is 1.20 bits per heavy atom. The molecular weight excluding hydrogens is 230 g/mol. The smallest absolute Gasteiger partial charge is 0.212 e. The topological polar surface area (TPSA) is 46.2 Å². The summed E-state index contributed by atoms with van der Waals surface area (Å²) < 4.78 is 26.1. The van der Waals surface area contributed by atoms with Gasteiger partial charge in [0.15, 0.2) is 0 Å². The number of thioether (sulfide) groups is 1. The predicted molar refractivity (Wildman–Crippen MR) is 66.8 cm³/mol. The first kappa shape index (κ1) is 13.3. The van der Waals surface area contributed by atoms with E-state index in [0.29, 0.717) is 0 Å². The van der Waals surface area contributed by atoms with Crippen molar-refractivity contribution < 1.29 is 8.42 Å². The molecule has 0 saturated heterocycles. The maximum Gasteiger partial charge on any atom is 0.214 e. The fraction of sp³-hybridized carbons (Fsp3) is 1.00. The zero-order valence-electron chi connectivity index (χ0n) is 9.69. The van der Waals surface area contributed by atoms with Gasteiger partial charge < -0.3 is 0 Å². The van der Waals surface area contributed by atoms with Gasteiger partial charge in [0.05, 0.1) is 5.25 Å². The van der Waals surface area contributed by atoms with E-state index in [0.717, 1.165) is 30.9 Å². The molecule has 0 unspecified atom stereocenters. The molecular formula is C10H21NO2S2. The predicted octanol–water partition coefficient (Wildman–Crippen LogP) is 1.99. The van der Waals surface area contributed by atoms with Gasteiger partial charge in [-0.15, -0.1) is 0 Å². The highest BCUT2D eigenvalue weighted by Gasteiger charge is 2.25. The lowest BCUT2D eigenvalue weighted by atomic mass is 9.96. The van der Waals surface area contributed by atoms with Crippen molar-refractivity contribution in [3.63, 3.8) is 0 Å². The van der Waals surface area contributed by atoms with Gasteiger partial charge in [-0.3, -0.25) is 0 Å². The van der Waals surface area contributed by atoms with E-state index in [4.69, 9.17) is 0 Å². The Balaban J connectivity index is 2.42. The summed E-state index contributed by atoms with van der Waals surface area (Å²) >= 11 is 1.89. The molecule has 1 N–H and O–H groups in total. The van der Waals surface area contributed by atoms with Crippen LogP contribution in [0.1, 0.15) is 39.5 Å². The van der Waals surface area contributed by atoms with Gasteiger partial charge in [-0.05, 0) is 45.8 Å². The Morgan fingerprint density at radius 3 is 2.13 bits per heavy atom. The fourth-order valence-corrected chi connectivity index (χ4v) is 3.50. The van der Waals surface area contributed by atoms with Crippen molar-refractivity contribution in [2.24, 2.45) is 0 Å². The third kappa shape index (κ3) is 3.96. The van der Waals surface area contributed by atoms with Crippen LogP contribution >= 0.6 is 11.8 Å². The van der Waals surface area contributed by atoms with E-state index in [1.807, 2.05) is 11.8 Å². The van der Waals surface area contributed by atoms with Crippen LogP contribution in [0.2, 0.25) is 0 Å². The van der Waals surface area contributed by atoms with Crippen LogP contribution in [-0.2, 0) is 10.0 Å². The lowest BCUT2D eigenvalue weighted by Gasteiger charge is -2.28. The first-order chi connectivity index (χ1) is 6.95. The molecule has 3 nitrogen and oxygen atoms in total. The zero-order chi connectivity index (χ0) is 11.5. The minimum absolute atomic E-state index is 0.167. The lowest BCUT2D eigenvalue weighted by Crippen LogP contribution is -2.41. The van der Waals surface area contributed by atoms with E-state index in [2.05, 4.69) is 11.0 Å². The zero-order valence-corrected chi connectivity index (χ0v) is 11.3. The van der Waals surface area contributed by atoms with Crippen LogP contribution in [0.5, 0.6) is 0 Å². The van der Waals surface area contributed by atoms with Crippen molar-refractivity contribution in [1.82, 2.24) is 4.72 Å². The van der Waals surface area contributed by atoms with E-state index >= 15 is 0 Å². The summed E-state index contributed by atoms with van der Waals surface area (Å²) in [4.78, 5) is 0. The second-order valence-corrected chi connectivity index (χ2v) is 7.83. The molecule has 0 amide bonds. The minimum Gasteiger partial charge on any atom is -0.212 e. The number of hydrogen-bond acceptors (Lipinski definition) is 3. The van der Waals surface area contributed by atoms with Crippen LogP contribution in [0.4, 0.5) is 0 Å². The SMILES string of the molecule is CSC1CCC(NS(=O)(=O)C(C)C)CC1. The Hall–Kier alpha value is 0.260. The Labute approximate surface area is 97.5 Å². The Bertz CT molecular complexity index is 280. The maximum absolute atomic E-state index is 11.6.